The van der Waals surface area contributed by atoms with E-state index in [1.807, 2.05) is 12.1 Å². The van der Waals surface area contributed by atoms with Gasteiger partial charge in [0.05, 0.1) is 17.9 Å². The molecule has 7 nitrogen and oxygen atoms in total. The van der Waals surface area contributed by atoms with E-state index in [1.54, 1.807) is 43.3 Å². The summed E-state index contributed by atoms with van der Waals surface area (Å²) in [5.41, 5.74) is 1.99. The van der Waals surface area contributed by atoms with Crippen molar-refractivity contribution in [3.05, 3.63) is 95.1 Å². The Morgan fingerprint density at radius 2 is 1.64 bits per heavy atom. The quantitative estimate of drug-likeness (QED) is 0.312. The highest BCUT2D eigenvalue weighted by Crippen LogP contribution is 2.31. The van der Waals surface area contributed by atoms with Gasteiger partial charge in [0, 0.05) is 13.1 Å². The van der Waals surface area contributed by atoms with Gasteiger partial charge in [-0.2, -0.15) is 25.9 Å². The van der Waals surface area contributed by atoms with Crippen molar-refractivity contribution in [2.75, 3.05) is 24.0 Å². The van der Waals surface area contributed by atoms with Crippen LogP contribution >= 0.6 is 0 Å². The average Bonchev–Trinajstić information content (AvgIpc) is 2.92. The van der Waals surface area contributed by atoms with Crippen molar-refractivity contribution in [2.24, 2.45) is 0 Å². The summed E-state index contributed by atoms with van der Waals surface area (Å²) in [6.45, 7) is 1.63. The standard InChI is InChI=1S/C28H29F3N2O5S/c1-2-37-27(34)19-32(39(35,36)33-17-5-7-23-6-3-4-8-26(23)33)18-21-11-15-25(16-12-21)38-20-22-9-13-24(14-10-22)28(29,30)31/h3-4,6,8-16H,2,5,7,17-20H2,1H3. The number of carbonyl (C=O) groups is 1. The third kappa shape index (κ3) is 7.10. The van der Waals surface area contributed by atoms with E-state index >= 15 is 0 Å². The van der Waals surface area contributed by atoms with Crippen LogP contribution in [0.5, 0.6) is 5.75 Å². The number of anilines is 1. The number of nitrogens with zero attached hydrogens (tertiary/aromatic N) is 2. The van der Waals surface area contributed by atoms with Gasteiger partial charge < -0.3 is 9.47 Å². The summed E-state index contributed by atoms with van der Waals surface area (Å²) < 4.78 is 78.9. The van der Waals surface area contributed by atoms with E-state index in [4.69, 9.17) is 9.47 Å². The average molecular weight is 563 g/mol. The molecule has 3 aromatic rings. The van der Waals surface area contributed by atoms with Crippen LogP contribution in [0.3, 0.4) is 0 Å². The summed E-state index contributed by atoms with van der Waals surface area (Å²) in [6, 6.07) is 18.7. The minimum atomic E-state index is -4.40. The number of hydrogen-bond donors (Lipinski definition) is 0. The predicted octanol–water partition coefficient (Wildman–Crippen LogP) is 5.35. The maximum atomic E-state index is 13.8. The SMILES string of the molecule is CCOC(=O)CN(Cc1ccc(OCc2ccc(C(F)(F)F)cc2)cc1)S(=O)(=O)N1CCCc2ccccc21. The van der Waals surface area contributed by atoms with E-state index in [1.165, 1.54) is 16.4 Å². The highest BCUT2D eigenvalue weighted by molar-refractivity contribution is 7.90. The van der Waals surface area contributed by atoms with Crippen LogP contribution in [0.2, 0.25) is 0 Å². The molecule has 0 radical (unpaired) electrons. The molecule has 1 aliphatic heterocycles. The topological polar surface area (TPSA) is 76.1 Å². The first-order valence-electron chi connectivity index (χ1n) is 12.5. The molecule has 0 atom stereocenters. The van der Waals surface area contributed by atoms with Crippen molar-refractivity contribution in [2.45, 2.75) is 39.1 Å². The normalized spacial score (nSPS) is 13.7. The van der Waals surface area contributed by atoms with E-state index in [0.717, 1.165) is 28.4 Å². The number of rotatable bonds is 10. The first-order chi connectivity index (χ1) is 18.6. The summed E-state index contributed by atoms with van der Waals surface area (Å²) in [6.07, 6.45) is -2.97. The summed E-state index contributed by atoms with van der Waals surface area (Å²) in [5.74, 6) is -0.189. The first kappa shape index (κ1) is 28.4. The molecule has 0 saturated heterocycles. The van der Waals surface area contributed by atoms with E-state index < -0.39 is 34.5 Å². The van der Waals surface area contributed by atoms with Gasteiger partial charge in [-0.1, -0.05) is 42.5 Å². The molecule has 0 unspecified atom stereocenters. The van der Waals surface area contributed by atoms with Gasteiger partial charge >= 0.3 is 22.4 Å². The maximum Gasteiger partial charge on any atom is 0.416 e. The Morgan fingerprint density at radius 3 is 2.31 bits per heavy atom. The third-order valence-corrected chi connectivity index (χ3v) is 8.10. The zero-order valence-electron chi connectivity index (χ0n) is 21.4. The lowest BCUT2D eigenvalue weighted by Gasteiger charge is -2.34. The molecular weight excluding hydrogens is 533 g/mol. The minimum Gasteiger partial charge on any atom is -0.489 e. The lowest BCUT2D eigenvalue weighted by Crippen LogP contribution is -2.47. The van der Waals surface area contributed by atoms with E-state index in [2.05, 4.69) is 0 Å². The Morgan fingerprint density at radius 1 is 0.974 bits per heavy atom. The van der Waals surface area contributed by atoms with Gasteiger partial charge in [0.1, 0.15) is 18.9 Å². The Balaban J connectivity index is 1.48. The molecule has 0 spiro atoms. The van der Waals surface area contributed by atoms with Gasteiger partial charge in [-0.25, -0.2) is 0 Å². The number of halogens is 3. The molecular formula is C28H29F3N2O5S. The number of benzene rings is 3. The fraction of sp³-hybridized carbons (Fsp3) is 0.321. The van der Waals surface area contributed by atoms with Crippen LogP contribution in [0.1, 0.15) is 35.6 Å². The molecule has 1 aliphatic rings. The van der Waals surface area contributed by atoms with Gasteiger partial charge in [-0.05, 0) is 66.8 Å². The zero-order valence-corrected chi connectivity index (χ0v) is 22.2. The lowest BCUT2D eigenvalue weighted by molar-refractivity contribution is -0.143. The summed E-state index contributed by atoms with van der Waals surface area (Å²) in [7, 11) is -4.07. The van der Waals surface area contributed by atoms with Crippen molar-refractivity contribution in [3.8, 4) is 5.75 Å². The first-order valence-corrected chi connectivity index (χ1v) is 13.9. The second kappa shape index (κ2) is 12.1. The fourth-order valence-electron chi connectivity index (χ4n) is 4.30. The van der Waals surface area contributed by atoms with Crippen molar-refractivity contribution in [3.63, 3.8) is 0 Å². The largest absolute Gasteiger partial charge is 0.489 e. The van der Waals surface area contributed by atoms with Gasteiger partial charge in [0.15, 0.2) is 0 Å². The summed E-state index contributed by atoms with van der Waals surface area (Å²) in [5, 5.41) is 0. The van der Waals surface area contributed by atoms with Crippen molar-refractivity contribution in [1.82, 2.24) is 4.31 Å². The molecule has 0 fully saturated rings. The van der Waals surface area contributed by atoms with Crippen LogP contribution in [-0.2, 0) is 45.5 Å². The summed E-state index contributed by atoms with van der Waals surface area (Å²) >= 11 is 0. The van der Waals surface area contributed by atoms with Crippen molar-refractivity contribution < 1.29 is 35.9 Å². The molecule has 39 heavy (non-hydrogen) atoms. The molecule has 0 bridgehead atoms. The number of alkyl halides is 3. The van der Waals surface area contributed by atoms with Crippen molar-refractivity contribution in [1.29, 1.82) is 0 Å². The second-order valence-corrected chi connectivity index (χ2v) is 10.9. The zero-order chi connectivity index (χ0) is 28.0. The van der Waals surface area contributed by atoms with E-state index in [9.17, 15) is 26.4 Å². The van der Waals surface area contributed by atoms with Gasteiger partial charge in [-0.15, -0.1) is 0 Å². The third-order valence-electron chi connectivity index (χ3n) is 6.25. The predicted molar refractivity (Wildman–Crippen MR) is 140 cm³/mol. The molecule has 0 N–H and O–H groups in total. The Hall–Kier alpha value is -3.57. The second-order valence-electron chi connectivity index (χ2n) is 9.01. The highest BCUT2D eigenvalue weighted by atomic mass is 32.2. The minimum absolute atomic E-state index is 0.0647. The van der Waals surface area contributed by atoms with Crippen LogP contribution in [0.4, 0.5) is 18.9 Å². The number of carbonyl (C=O) groups excluding carboxylic acids is 1. The molecule has 0 amide bonds. The Labute approximate surface area is 225 Å². The lowest BCUT2D eigenvalue weighted by atomic mass is 10.0. The molecule has 1 heterocycles. The monoisotopic (exact) mass is 562 g/mol. The maximum absolute atomic E-state index is 13.8. The molecule has 0 aromatic heterocycles. The number of hydrogen-bond acceptors (Lipinski definition) is 5. The van der Waals surface area contributed by atoms with Crippen LogP contribution < -0.4 is 9.04 Å². The summed E-state index contributed by atoms with van der Waals surface area (Å²) in [4.78, 5) is 12.3. The number of para-hydroxylation sites is 1. The van der Waals surface area contributed by atoms with E-state index in [0.29, 0.717) is 35.5 Å². The van der Waals surface area contributed by atoms with Gasteiger partial charge in [-0.3, -0.25) is 9.10 Å². The van der Waals surface area contributed by atoms with Gasteiger partial charge in [0.2, 0.25) is 0 Å². The Kier molecular flexibility index (Phi) is 8.81. The fourth-order valence-corrected chi connectivity index (χ4v) is 5.95. The molecule has 0 aliphatic carbocycles. The van der Waals surface area contributed by atoms with Crippen LogP contribution in [0.15, 0.2) is 72.8 Å². The number of fused-ring (bicyclic) bond motifs is 1. The van der Waals surface area contributed by atoms with Gasteiger partial charge in [0.25, 0.3) is 0 Å². The van der Waals surface area contributed by atoms with Crippen LogP contribution in [0, 0.1) is 0 Å². The number of esters is 1. The van der Waals surface area contributed by atoms with Crippen LogP contribution in [0.25, 0.3) is 0 Å². The van der Waals surface area contributed by atoms with Crippen LogP contribution in [-0.4, -0.2) is 38.4 Å². The number of ether oxygens (including phenoxy) is 2. The molecule has 11 heteroatoms. The number of aryl methyl sites for hydroxylation is 1. The molecule has 3 aromatic carbocycles. The Bertz CT molecular complexity index is 1380. The highest BCUT2D eigenvalue weighted by Gasteiger charge is 2.34. The molecule has 208 valence electrons. The smallest absolute Gasteiger partial charge is 0.416 e. The molecule has 0 saturated carbocycles. The van der Waals surface area contributed by atoms with Crippen molar-refractivity contribution >= 4 is 21.9 Å². The van der Waals surface area contributed by atoms with E-state index in [-0.39, 0.29) is 19.8 Å². The molecule has 4 rings (SSSR count).